The van der Waals surface area contributed by atoms with Gasteiger partial charge in [-0.25, -0.2) is 0 Å². The van der Waals surface area contributed by atoms with Gasteiger partial charge in [-0.15, -0.1) is 0 Å². The van der Waals surface area contributed by atoms with Crippen LogP contribution >= 0.6 is 0 Å². The molecule has 0 radical (unpaired) electrons. The average molecular weight is 198 g/mol. The molecule has 1 N–H and O–H groups in total. The molecule has 2 heteroatoms. The molecule has 0 aromatic carbocycles. The second-order valence-corrected chi connectivity index (χ2v) is 6.57. The van der Waals surface area contributed by atoms with Crippen LogP contribution in [-0.4, -0.2) is 30.2 Å². The number of nitrogens with zero attached hydrogens (tertiary/aromatic N) is 1. The van der Waals surface area contributed by atoms with Crippen LogP contribution < -0.4 is 5.32 Å². The van der Waals surface area contributed by atoms with Crippen molar-refractivity contribution in [3.63, 3.8) is 0 Å². The Morgan fingerprint density at radius 1 is 1.07 bits per heavy atom. The summed E-state index contributed by atoms with van der Waals surface area (Å²) in [5.41, 5.74) is 0.702. The van der Waals surface area contributed by atoms with Crippen molar-refractivity contribution in [3.8, 4) is 0 Å². The molecule has 1 saturated heterocycles. The first-order valence-electron chi connectivity index (χ1n) is 5.67. The maximum atomic E-state index is 3.52. The van der Waals surface area contributed by atoms with Crippen molar-refractivity contribution in [2.45, 2.75) is 47.1 Å². The average Bonchev–Trinajstić information content (AvgIpc) is 2.01. The zero-order chi connectivity index (χ0) is 11.0. The third kappa shape index (κ3) is 2.96. The topological polar surface area (TPSA) is 15.3 Å². The Kier molecular flexibility index (Phi) is 3.27. The monoisotopic (exact) mass is 198 g/mol. The lowest BCUT2D eigenvalue weighted by molar-refractivity contribution is 0.0355. The summed E-state index contributed by atoms with van der Waals surface area (Å²) in [5, 5.41) is 3.52. The van der Waals surface area contributed by atoms with Crippen LogP contribution in [0.3, 0.4) is 0 Å². The lowest BCUT2D eigenvalue weighted by Gasteiger charge is -2.45. The highest BCUT2D eigenvalue weighted by atomic mass is 15.3. The summed E-state index contributed by atoms with van der Waals surface area (Å²) in [6.45, 7) is 17.3. The van der Waals surface area contributed by atoms with Gasteiger partial charge in [-0.1, -0.05) is 20.8 Å². The summed E-state index contributed by atoms with van der Waals surface area (Å²) in [6, 6.07) is 0. The van der Waals surface area contributed by atoms with Crippen molar-refractivity contribution in [1.29, 1.82) is 0 Å². The SMILES string of the molecule is CC(C)(C)C1CNCN(C(C)(C)C)C1. The van der Waals surface area contributed by atoms with E-state index in [1.165, 1.54) is 6.54 Å². The predicted octanol–water partition coefficient (Wildman–Crippen LogP) is 2.31. The molecule has 1 aliphatic rings. The van der Waals surface area contributed by atoms with Gasteiger partial charge < -0.3 is 5.32 Å². The van der Waals surface area contributed by atoms with Crippen LogP contribution in [0.25, 0.3) is 0 Å². The Morgan fingerprint density at radius 2 is 1.64 bits per heavy atom. The molecule has 0 aromatic rings. The van der Waals surface area contributed by atoms with E-state index in [0.717, 1.165) is 19.1 Å². The molecule has 0 amide bonds. The normalized spacial score (nSPS) is 26.6. The third-order valence-electron chi connectivity index (χ3n) is 3.31. The lowest BCUT2D eigenvalue weighted by Crippen LogP contribution is -2.56. The van der Waals surface area contributed by atoms with E-state index in [4.69, 9.17) is 0 Å². The first kappa shape index (κ1) is 12.0. The first-order chi connectivity index (χ1) is 6.21. The Balaban J connectivity index is 2.61. The molecule has 84 valence electrons. The van der Waals surface area contributed by atoms with Gasteiger partial charge in [-0.3, -0.25) is 4.90 Å². The Morgan fingerprint density at radius 3 is 2.07 bits per heavy atom. The summed E-state index contributed by atoms with van der Waals surface area (Å²) in [6.07, 6.45) is 0. The predicted molar refractivity (Wildman–Crippen MR) is 62.3 cm³/mol. The van der Waals surface area contributed by atoms with E-state index in [1.54, 1.807) is 0 Å². The van der Waals surface area contributed by atoms with Gasteiger partial charge in [0.25, 0.3) is 0 Å². The van der Waals surface area contributed by atoms with E-state index in [-0.39, 0.29) is 5.54 Å². The second kappa shape index (κ2) is 3.82. The highest BCUT2D eigenvalue weighted by Crippen LogP contribution is 2.29. The van der Waals surface area contributed by atoms with Gasteiger partial charge in [-0.05, 0) is 32.1 Å². The lowest BCUT2D eigenvalue weighted by atomic mass is 9.79. The molecule has 0 saturated carbocycles. The molecule has 1 atom stereocenters. The minimum Gasteiger partial charge on any atom is -0.304 e. The van der Waals surface area contributed by atoms with E-state index in [9.17, 15) is 0 Å². The molecular formula is C12H26N2. The van der Waals surface area contributed by atoms with E-state index in [1.807, 2.05) is 0 Å². The molecule has 2 nitrogen and oxygen atoms in total. The summed E-state index contributed by atoms with van der Waals surface area (Å²) in [5.74, 6) is 0.760. The molecule has 0 spiro atoms. The molecule has 0 bridgehead atoms. The van der Waals surface area contributed by atoms with Crippen LogP contribution in [0.15, 0.2) is 0 Å². The summed E-state index contributed by atoms with van der Waals surface area (Å²) >= 11 is 0. The van der Waals surface area contributed by atoms with Gasteiger partial charge in [0, 0.05) is 25.3 Å². The van der Waals surface area contributed by atoms with Crippen molar-refractivity contribution in [2.24, 2.45) is 11.3 Å². The molecule has 1 heterocycles. The van der Waals surface area contributed by atoms with Crippen molar-refractivity contribution < 1.29 is 0 Å². The minimum atomic E-state index is 0.289. The summed E-state index contributed by atoms with van der Waals surface area (Å²) in [7, 11) is 0. The number of rotatable bonds is 0. The van der Waals surface area contributed by atoms with Crippen molar-refractivity contribution >= 4 is 0 Å². The maximum absolute atomic E-state index is 3.52. The van der Waals surface area contributed by atoms with Crippen LogP contribution in [0, 0.1) is 11.3 Å². The molecule has 1 aliphatic heterocycles. The van der Waals surface area contributed by atoms with Gasteiger partial charge in [-0.2, -0.15) is 0 Å². The smallest absolute Gasteiger partial charge is 0.0485 e. The zero-order valence-electron chi connectivity index (χ0n) is 10.6. The van der Waals surface area contributed by atoms with E-state index < -0.39 is 0 Å². The summed E-state index contributed by atoms with van der Waals surface area (Å²) < 4.78 is 0. The van der Waals surface area contributed by atoms with Crippen molar-refractivity contribution in [1.82, 2.24) is 10.2 Å². The Bertz CT molecular complexity index is 165. The fourth-order valence-corrected chi connectivity index (χ4v) is 1.86. The highest BCUT2D eigenvalue weighted by molar-refractivity contribution is 4.87. The minimum absolute atomic E-state index is 0.289. The molecule has 1 fully saturated rings. The quantitative estimate of drug-likeness (QED) is 0.642. The molecular weight excluding hydrogens is 172 g/mol. The van der Waals surface area contributed by atoms with E-state index >= 15 is 0 Å². The number of nitrogens with one attached hydrogen (secondary N) is 1. The van der Waals surface area contributed by atoms with Gasteiger partial charge in [0.2, 0.25) is 0 Å². The van der Waals surface area contributed by atoms with Gasteiger partial charge in [0.1, 0.15) is 0 Å². The van der Waals surface area contributed by atoms with Crippen LogP contribution in [0.5, 0.6) is 0 Å². The van der Waals surface area contributed by atoms with Crippen LogP contribution in [0.4, 0.5) is 0 Å². The number of hydrogen-bond acceptors (Lipinski definition) is 2. The van der Waals surface area contributed by atoms with Gasteiger partial charge in [0.15, 0.2) is 0 Å². The standard InChI is InChI=1S/C12H26N2/c1-11(2,3)10-7-13-9-14(8-10)12(4,5)6/h10,13H,7-9H2,1-6H3. The molecule has 14 heavy (non-hydrogen) atoms. The largest absolute Gasteiger partial charge is 0.304 e. The molecule has 0 aromatic heterocycles. The fraction of sp³-hybridized carbons (Fsp3) is 1.00. The van der Waals surface area contributed by atoms with E-state index in [0.29, 0.717) is 5.41 Å². The van der Waals surface area contributed by atoms with Crippen LogP contribution in [0.2, 0.25) is 0 Å². The molecule has 1 rings (SSSR count). The second-order valence-electron chi connectivity index (χ2n) is 6.57. The zero-order valence-corrected chi connectivity index (χ0v) is 10.6. The fourth-order valence-electron chi connectivity index (χ4n) is 1.86. The Hall–Kier alpha value is -0.0800. The van der Waals surface area contributed by atoms with E-state index in [2.05, 4.69) is 51.8 Å². The van der Waals surface area contributed by atoms with Crippen molar-refractivity contribution in [2.75, 3.05) is 19.8 Å². The third-order valence-corrected chi connectivity index (χ3v) is 3.31. The Labute approximate surface area is 89.1 Å². The highest BCUT2D eigenvalue weighted by Gasteiger charge is 2.33. The van der Waals surface area contributed by atoms with Crippen LogP contribution in [0.1, 0.15) is 41.5 Å². The number of hydrogen-bond donors (Lipinski definition) is 1. The maximum Gasteiger partial charge on any atom is 0.0485 e. The van der Waals surface area contributed by atoms with Crippen LogP contribution in [-0.2, 0) is 0 Å². The first-order valence-corrected chi connectivity index (χ1v) is 5.67. The molecule has 0 aliphatic carbocycles. The van der Waals surface area contributed by atoms with Gasteiger partial charge >= 0.3 is 0 Å². The molecule has 1 unspecified atom stereocenters. The summed E-state index contributed by atoms with van der Waals surface area (Å²) in [4.78, 5) is 2.53. The van der Waals surface area contributed by atoms with Crippen molar-refractivity contribution in [3.05, 3.63) is 0 Å². The van der Waals surface area contributed by atoms with Gasteiger partial charge in [0.05, 0.1) is 0 Å².